The van der Waals surface area contributed by atoms with E-state index in [1.807, 2.05) is 6.07 Å². The Morgan fingerprint density at radius 1 is 1.31 bits per heavy atom. The topological polar surface area (TPSA) is 43.4 Å². The maximum absolute atomic E-state index is 13.1. The molecule has 86 valence electrons. The van der Waals surface area contributed by atoms with Crippen molar-refractivity contribution in [2.75, 3.05) is 0 Å². The molecule has 1 aromatic rings. The van der Waals surface area contributed by atoms with Crippen LogP contribution in [0.2, 0.25) is 0 Å². The molecule has 3 nitrogen and oxygen atoms in total. The zero-order valence-corrected chi connectivity index (χ0v) is 8.98. The molecular formula is C12H13FO3. The van der Waals surface area contributed by atoms with Gasteiger partial charge < -0.3 is 4.74 Å². The summed E-state index contributed by atoms with van der Waals surface area (Å²) in [4.78, 5) is 22.0. The first-order chi connectivity index (χ1) is 7.65. The summed E-state index contributed by atoms with van der Waals surface area (Å²) in [5, 5.41) is 0. The normalized spacial score (nSPS) is 11.9. The second-order valence-corrected chi connectivity index (χ2v) is 3.28. The van der Waals surface area contributed by atoms with E-state index in [2.05, 4.69) is 4.74 Å². The predicted molar refractivity (Wildman–Crippen MR) is 56.4 cm³/mol. The lowest BCUT2D eigenvalue weighted by atomic mass is 10.2. The molecule has 0 fully saturated rings. The van der Waals surface area contributed by atoms with E-state index in [0.717, 1.165) is 5.56 Å². The van der Waals surface area contributed by atoms with Crippen molar-refractivity contribution in [2.45, 2.75) is 26.1 Å². The molecule has 1 atom stereocenters. The number of benzene rings is 1. The molecule has 1 aromatic carbocycles. The van der Waals surface area contributed by atoms with Gasteiger partial charge in [-0.05, 0) is 5.56 Å². The van der Waals surface area contributed by atoms with Crippen molar-refractivity contribution < 1.29 is 18.7 Å². The molecule has 4 heteroatoms. The molecule has 0 aromatic heterocycles. The van der Waals surface area contributed by atoms with E-state index in [0.29, 0.717) is 0 Å². The van der Waals surface area contributed by atoms with Crippen molar-refractivity contribution in [3.8, 4) is 0 Å². The van der Waals surface area contributed by atoms with Crippen LogP contribution >= 0.6 is 0 Å². The van der Waals surface area contributed by atoms with Crippen molar-refractivity contribution >= 4 is 11.8 Å². The highest BCUT2D eigenvalue weighted by atomic mass is 19.1. The summed E-state index contributed by atoms with van der Waals surface area (Å²) < 4.78 is 17.7. The number of carbonyl (C=O) groups is 2. The van der Waals surface area contributed by atoms with Crippen molar-refractivity contribution in [1.29, 1.82) is 0 Å². The molecule has 0 spiro atoms. The van der Waals surface area contributed by atoms with Gasteiger partial charge >= 0.3 is 5.97 Å². The quantitative estimate of drug-likeness (QED) is 0.568. The highest BCUT2D eigenvalue weighted by molar-refractivity contribution is 6.01. The van der Waals surface area contributed by atoms with Crippen LogP contribution in [0.25, 0.3) is 0 Å². The Morgan fingerprint density at radius 3 is 2.50 bits per heavy atom. The van der Waals surface area contributed by atoms with E-state index in [9.17, 15) is 14.0 Å². The van der Waals surface area contributed by atoms with Crippen molar-refractivity contribution in [2.24, 2.45) is 0 Å². The number of ether oxygens (including phenoxy) is 1. The first-order valence-corrected chi connectivity index (χ1v) is 5.02. The number of ketones is 1. The lowest BCUT2D eigenvalue weighted by Crippen LogP contribution is -2.27. The van der Waals surface area contributed by atoms with Crippen LogP contribution in [0.1, 0.15) is 18.9 Å². The fraction of sp³-hybridized carbons (Fsp3) is 0.333. The van der Waals surface area contributed by atoms with Gasteiger partial charge in [0, 0.05) is 6.42 Å². The van der Waals surface area contributed by atoms with Gasteiger partial charge in [0.05, 0.1) is 0 Å². The summed E-state index contributed by atoms with van der Waals surface area (Å²) in [6, 6.07) is 8.90. The second-order valence-electron chi connectivity index (χ2n) is 3.28. The minimum absolute atomic E-state index is 0.0123. The lowest BCUT2D eigenvalue weighted by Gasteiger charge is -2.07. The van der Waals surface area contributed by atoms with Gasteiger partial charge in [0.15, 0.2) is 5.78 Å². The third-order valence-electron chi connectivity index (χ3n) is 2.06. The Kier molecular flexibility index (Phi) is 4.64. The van der Waals surface area contributed by atoms with Gasteiger partial charge in [-0.3, -0.25) is 4.79 Å². The molecule has 0 aliphatic rings. The number of hydrogen-bond donors (Lipinski definition) is 0. The van der Waals surface area contributed by atoms with Crippen LogP contribution in [-0.4, -0.2) is 17.9 Å². The number of halogens is 1. The molecule has 1 unspecified atom stereocenters. The van der Waals surface area contributed by atoms with Crippen molar-refractivity contribution in [3.63, 3.8) is 0 Å². The standard InChI is InChI=1S/C12H13FO3/c1-2-10(14)11(13)12(15)16-8-9-6-4-3-5-7-9/h3-7,11H,2,8H2,1H3. The molecule has 0 saturated heterocycles. The summed E-state index contributed by atoms with van der Waals surface area (Å²) in [6.07, 6.45) is -2.17. The average molecular weight is 224 g/mol. The fourth-order valence-corrected chi connectivity index (χ4v) is 1.11. The summed E-state index contributed by atoms with van der Waals surface area (Å²) in [5.74, 6) is -1.87. The maximum Gasteiger partial charge on any atom is 0.348 e. The number of Topliss-reactive ketones (excluding diaryl/α,β-unsaturated/α-hetero) is 1. The molecule has 0 aliphatic carbocycles. The number of rotatable bonds is 5. The first-order valence-electron chi connectivity index (χ1n) is 5.02. The van der Waals surface area contributed by atoms with Crippen LogP contribution in [0.3, 0.4) is 0 Å². The Bertz CT molecular complexity index is 362. The second kappa shape index (κ2) is 6.00. The van der Waals surface area contributed by atoms with E-state index < -0.39 is 17.9 Å². The first kappa shape index (κ1) is 12.4. The molecule has 0 saturated carbocycles. The van der Waals surface area contributed by atoms with E-state index in [4.69, 9.17) is 0 Å². The summed E-state index contributed by atoms with van der Waals surface area (Å²) >= 11 is 0. The van der Waals surface area contributed by atoms with Gasteiger partial charge in [-0.2, -0.15) is 0 Å². The number of hydrogen-bond acceptors (Lipinski definition) is 3. The van der Waals surface area contributed by atoms with Crippen LogP contribution < -0.4 is 0 Å². The predicted octanol–water partition coefficient (Wildman–Crippen LogP) is 2.05. The van der Waals surface area contributed by atoms with E-state index in [1.54, 1.807) is 24.3 Å². The molecule has 16 heavy (non-hydrogen) atoms. The lowest BCUT2D eigenvalue weighted by molar-refractivity contribution is -0.154. The van der Waals surface area contributed by atoms with Gasteiger partial charge in [0.2, 0.25) is 0 Å². The molecule has 0 radical (unpaired) electrons. The van der Waals surface area contributed by atoms with Crippen LogP contribution in [0, 0.1) is 0 Å². The molecule has 0 heterocycles. The van der Waals surface area contributed by atoms with E-state index in [1.165, 1.54) is 6.92 Å². The Labute approximate surface area is 93.2 Å². The summed E-state index contributed by atoms with van der Waals surface area (Å²) in [5.41, 5.74) is 0.756. The van der Waals surface area contributed by atoms with Crippen LogP contribution in [0.4, 0.5) is 4.39 Å². The molecule has 0 bridgehead atoms. The number of alkyl halides is 1. The van der Waals surface area contributed by atoms with Crippen LogP contribution in [0.5, 0.6) is 0 Å². The zero-order chi connectivity index (χ0) is 12.0. The highest BCUT2D eigenvalue weighted by Crippen LogP contribution is 2.05. The fourth-order valence-electron chi connectivity index (χ4n) is 1.11. The molecule has 1 rings (SSSR count). The smallest absolute Gasteiger partial charge is 0.348 e. The van der Waals surface area contributed by atoms with Crippen molar-refractivity contribution in [1.82, 2.24) is 0 Å². The Hall–Kier alpha value is -1.71. The van der Waals surface area contributed by atoms with Gasteiger partial charge in [0.1, 0.15) is 6.61 Å². The molecular weight excluding hydrogens is 211 g/mol. The Morgan fingerprint density at radius 2 is 1.94 bits per heavy atom. The van der Waals surface area contributed by atoms with E-state index in [-0.39, 0.29) is 13.0 Å². The third-order valence-corrected chi connectivity index (χ3v) is 2.06. The number of esters is 1. The zero-order valence-electron chi connectivity index (χ0n) is 8.98. The SMILES string of the molecule is CCC(=O)C(F)C(=O)OCc1ccccc1. The van der Waals surface area contributed by atoms with Gasteiger partial charge in [-0.15, -0.1) is 0 Å². The third kappa shape index (κ3) is 3.46. The minimum Gasteiger partial charge on any atom is -0.458 e. The Balaban J connectivity index is 2.44. The van der Waals surface area contributed by atoms with Crippen molar-refractivity contribution in [3.05, 3.63) is 35.9 Å². The molecule has 0 amide bonds. The summed E-state index contributed by atoms with van der Waals surface area (Å²) in [7, 11) is 0. The van der Waals surface area contributed by atoms with Gasteiger partial charge in [-0.25, -0.2) is 9.18 Å². The largest absolute Gasteiger partial charge is 0.458 e. The summed E-state index contributed by atoms with van der Waals surface area (Å²) in [6.45, 7) is 1.48. The molecule has 0 N–H and O–H groups in total. The number of carbonyl (C=O) groups excluding carboxylic acids is 2. The van der Waals surface area contributed by atoms with Gasteiger partial charge in [-0.1, -0.05) is 37.3 Å². The van der Waals surface area contributed by atoms with Gasteiger partial charge in [0.25, 0.3) is 6.17 Å². The van der Waals surface area contributed by atoms with Crippen LogP contribution in [0.15, 0.2) is 30.3 Å². The maximum atomic E-state index is 13.1. The highest BCUT2D eigenvalue weighted by Gasteiger charge is 2.25. The average Bonchev–Trinajstić information content (AvgIpc) is 2.35. The minimum atomic E-state index is -2.16. The monoisotopic (exact) mass is 224 g/mol. The van der Waals surface area contributed by atoms with Crippen LogP contribution in [-0.2, 0) is 20.9 Å². The molecule has 0 aliphatic heterocycles. The van der Waals surface area contributed by atoms with E-state index >= 15 is 0 Å².